The van der Waals surface area contributed by atoms with E-state index in [4.69, 9.17) is 19.5 Å². The fourth-order valence-electron chi connectivity index (χ4n) is 1.81. The van der Waals surface area contributed by atoms with Gasteiger partial charge in [-0.05, 0) is 30.5 Å². The zero-order chi connectivity index (χ0) is 15.5. The first-order chi connectivity index (χ1) is 10.2. The Hall–Kier alpha value is -2.24. The summed E-state index contributed by atoms with van der Waals surface area (Å²) in [6, 6.07) is 7.54. The highest BCUT2D eigenvalue weighted by molar-refractivity contribution is 6.38. The van der Waals surface area contributed by atoms with Crippen LogP contribution in [0.2, 0.25) is 5.82 Å². The van der Waals surface area contributed by atoms with E-state index in [1.807, 2.05) is 24.3 Å². The average molecular weight is 289 g/mol. The number of hydrogen-bond donors (Lipinski definition) is 1. The fourth-order valence-corrected chi connectivity index (χ4v) is 1.81. The minimum atomic E-state index is -0.427. The summed E-state index contributed by atoms with van der Waals surface area (Å²) in [6.45, 7) is 4.23. The van der Waals surface area contributed by atoms with Crippen molar-refractivity contribution in [2.75, 3.05) is 13.7 Å². The van der Waals surface area contributed by atoms with E-state index in [0.29, 0.717) is 13.0 Å². The summed E-state index contributed by atoms with van der Waals surface area (Å²) in [5.41, 5.74) is 0.982. The normalized spacial score (nSPS) is 11.1. The van der Waals surface area contributed by atoms with E-state index in [0.717, 1.165) is 24.1 Å². The lowest BCUT2D eigenvalue weighted by Gasteiger charge is -2.13. The number of hydrogen-bond acceptors (Lipinski definition) is 5. The highest BCUT2D eigenvalue weighted by Gasteiger charge is 2.22. The molecule has 0 aliphatic heterocycles. The number of esters is 1. The summed E-state index contributed by atoms with van der Waals surface area (Å²) >= 11 is 0. The average Bonchev–Trinajstić information content (AvgIpc) is 2.52. The molecule has 1 N–H and O–H groups in total. The molecular formula is C15H20BNO4. The maximum Gasteiger partial charge on any atom is 0.355 e. The Kier molecular flexibility index (Phi) is 7.72. The summed E-state index contributed by atoms with van der Waals surface area (Å²) < 4.78 is 15.2. The van der Waals surface area contributed by atoms with Gasteiger partial charge in [-0.25, -0.2) is 0 Å². The molecule has 1 aromatic carbocycles. The third kappa shape index (κ3) is 6.16. The molecule has 0 saturated heterocycles. The molecule has 6 heteroatoms. The monoisotopic (exact) mass is 289 g/mol. The molecule has 0 unspecified atom stereocenters. The van der Waals surface area contributed by atoms with Gasteiger partial charge in [0, 0.05) is 0 Å². The van der Waals surface area contributed by atoms with Gasteiger partial charge in [0.1, 0.15) is 12.2 Å². The first-order valence-corrected chi connectivity index (χ1v) is 6.72. The highest BCUT2D eigenvalue weighted by Crippen LogP contribution is 2.18. The van der Waals surface area contributed by atoms with Crippen molar-refractivity contribution in [3.05, 3.63) is 42.5 Å². The van der Waals surface area contributed by atoms with E-state index in [2.05, 4.69) is 6.58 Å². The van der Waals surface area contributed by atoms with Gasteiger partial charge in [-0.1, -0.05) is 18.2 Å². The zero-order valence-electron chi connectivity index (χ0n) is 12.2. The topological polar surface area (TPSA) is 68.6 Å². The highest BCUT2D eigenvalue weighted by atomic mass is 16.5. The van der Waals surface area contributed by atoms with Crippen LogP contribution in [0, 0.1) is 5.41 Å². The molecule has 21 heavy (non-hydrogen) atoms. The second kappa shape index (κ2) is 9.63. The summed E-state index contributed by atoms with van der Waals surface area (Å²) in [5, 5.41) is 6.86. The second-order valence-corrected chi connectivity index (χ2v) is 4.45. The van der Waals surface area contributed by atoms with Crippen LogP contribution >= 0.6 is 0 Å². The van der Waals surface area contributed by atoms with Crippen molar-refractivity contribution in [2.45, 2.75) is 18.7 Å². The molecule has 0 aliphatic rings. The van der Waals surface area contributed by atoms with E-state index in [1.165, 1.54) is 7.11 Å². The smallest absolute Gasteiger partial charge is 0.355 e. The van der Waals surface area contributed by atoms with E-state index < -0.39 is 5.82 Å². The van der Waals surface area contributed by atoms with Gasteiger partial charge in [-0.2, -0.15) is 0 Å². The Morgan fingerprint density at radius 2 is 2.14 bits per heavy atom. The second-order valence-electron chi connectivity index (χ2n) is 4.45. The number of carbonyl (C=O) groups is 1. The maximum absolute atomic E-state index is 11.7. The lowest BCUT2D eigenvalue weighted by molar-refractivity contribution is -0.140. The number of ether oxygens (including phenoxy) is 2. The molecule has 0 fully saturated rings. The lowest BCUT2D eigenvalue weighted by atomic mass is 9.76. The molecule has 1 atom stereocenters. The molecular weight excluding hydrogens is 269 g/mol. The van der Waals surface area contributed by atoms with Crippen LogP contribution in [0.15, 0.2) is 36.9 Å². The zero-order valence-corrected chi connectivity index (χ0v) is 12.2. The van der Waals surface area contributed by atoms with Gasteiger partial charge < -0.3 is 14.1 Å². The standard InChI is InChI=1S/C15H20BNO4/c1-3-4-9-20-13-7-5-12(6-8-13)10-14(15(18)19-2)16-21-11-17/h3,5-8,11,14,16-17H,1,4,9-10H2,2H3/t14-/m0/s1. The summed E-state index contributed by atoms with van der Waals surface area (Å²) in [5.74, 6) is 0.0123. The molecule has 0 aromatic heterocycles. The predicted octanol–water partition coefficient (Wildman–Crippen LogP) is 2.12. The molecule has 0 aliphatic carbocycles. The Bertz CT molecular complexity index is 461. The first kappa shape index (κ1) is 16.8. The maximum atomic E-state index is 11.7. The fraction of sp³-hybridized carbons (Fsp3) is 0.333. The van der Waals surface area contributed by atoms with Crippen LogP contribution in [0.25, 0.3) is 0 Å². The largest absolute Gasteiger partial charge is 0.556 e. The third-order valence-electron chi connectivity index (χ3n) is 2.91. The van der Waals surface area contributed by atoms with Crippen molar-refractivity contribution in [3.8, 4) is 5.75 Å². The SMILES string of the molecule is C=CCCOc1ccc(C[C@H](BOC=N)C(=O)OC)cc1. The van der Waals surface area contributed by atoms with E-state index in [-0.39, 0.29) is 13.5 Å². The van der Waals surface area contributed by atoms with E-state index in [1.54, 1.807) is 6.08 Å². The molecule has 1 rings (SSSR count). The minimum absolute atomic E-state index is 0.133. The van der Waals surface area contributed by atoms with Crippen molar-refractivity contribution < 1.29 is 18.9 Å². The van der Waals surface area contributed by atoms with Gasteiger partial charge in [-0.15, -0.1) is 6.58 Å². The molecule has 1 aromatic rings. The van der Waals surface area contributed by atoms with Crippen LogP contribution < -0.4 is 4.74 Å². The minimum Gasteiger partial charge on any atom is -0.556 e. The number of rotatable bonds is 10. The lowest BCUT2D eigenvalue weighted by Crippen LogP contribution is -2.21. The van der Waals surface area contributed by atoms with Crippen molar-refractivity contribution in [2.24, 2.45) is 0 Å². The molecule has 0 spiro atoms. The number of benzene rings is 1. The van der Waals surface area contributed by atoms with E-state index >= 15 is 0 Å². The van der Waals surface area contributed by atoms with Gasteiger partial charge in [0.05, 0.1) is 19.5 Å². The van der Waals surface area contributed by atoms with Crippen LogP contribution in [0.4, 0.5) is 0 Å². The van der Waals surface area contributed by atoms with Gasteiger partial charge >= 0.3 is 13.5 Å². The predicted molar refractivity (Wildman–Crippen MR) is 83.2 cm³/mol. The van der Waals surface area contributed by atoms with Gasteiger partial charge in [0.2, 0.25) is 0 Å². The molecule has 0 heterocycles. The van der Waals surface area contributed by atoms with Crippen LogP contribution in [0.5, 0.6) is 5.75 Å². The molecule has 0 radical (unpaired) electrons. The molecule has 0 saturated carbocycles. The quantitative estimate of drug-likeness (QED) is 0.179. The van der Waals surface area contributed by atoms with Crippen LogP contribution in [-0.4, -0.2) is 33.6 Å². The molecule has 0 amide bonds. The van der Waals surface area contributed by atoms with Gasteiger partial charge in [0.15, 0.2) is 0 Å². The summed E-state index contributed by atoms with van der Waals surface area (Å²) in [4.78, 5) is 11.7. The molecule has 112 valence electrons. The van der Waals surface area contributed by atoms with Gasteiger partial charge in [0.25, 0.3) is 0 Å². The Balaban J connectivity index is 2.60. The number of nitrogens with one attached hydrogen (secondary N) is 1. The number of carbonyl (C=O) groups excluding carboxylic acids is 1. The van der Waals surface area contributed by atoms with Crippen LogP contribution in [-0.2, 0) is 20.6 Å². The summed E-state index contributed by atoms with van der Waals surface area (Å²) in [6.07, 6.45) is 3.92. The van der Waals surface area contributed by atoms with Crippen molar-refractivity contribution in [3.63, 3.8) is 0 Å². The van der Waals surface area contributed by atoms with Crippen LogP contribution in [0.3, 0.4) is 0 Å². The Labute approximate surface area is 125 Å². The van der Waals surface area contributed by atoms with Crippen LogP contribution in [0.1, 0.15) is 12.0 Å². The number of methoxy groups -OCH3 is 1. The molecule has 5 nitrogen and oxygen atoms in total. The van der Waals surface area contributed by atoms with E-state index in [9.17, 15) is 4.79 Å². The van der Waals surface area contributed by atoms with Crippen molar-refractivity contribution >= 4 is 19.9 Å². The first-order valence-electron chi connectivity index (χ1n) is 6.72. The van der Waals surface area contributed by atoms with Gasteiger partial charge in [-0.3, -0.25) is 10.2 Å². The molecule has 0 bridgehead atoms. The van der Waals surface area contributed by atoms with Crippen molar-refractivity contribution in [1.82, 2.24) is 0 Å². The summed E-state index contributed by atoms with van der Waals surface area (Å²) in [7, 11) is 1.48. The Morgan fingerprint density at radius 3 is 2.71 bits per heavy atom. The Morgan fingerprint density at radius 1 is 1.43 bits per heavy atom. The van der Waals surface area contributed by atoms with Crippen molar-refractivity contribution in [1.29, 1.82) is 5.41 Å². The third-order valence-corrected chi connectivity index (χ3v) is 2.91.